The van der Waals surface area contributed by atoms with E-state index in [0.717, 1.165) is 0 Å². The lowest BCUT2D eigenvalue weighted by atomic mass is 9.96. The van der Waals surface area contributed by atoms with Gasteiger partial charge in [-0.3, -0.25) is 19.2 Å². The number of rotatable bonds is 14. The predicted octanol–water partition coefficient (Wildman–Crippen LogP) is -1.20. The van der Waals surface area contributed by atoms with Crippen LogP contribution in [0.1, 0.15) is 53.9 Å². The molecule has 0 radical (unpaired) electrons. The Bertz CT molecular complexity index is 683. The third kappa shape index (κ3) is 10.1. The van der Waals surface area contributed by atoms with Gasteiger partial charge in [0.25, 0.3) is 0 Å². The third-order valence-electron chi connectivity index (χ3n) is 4.91. The molecule has 0 bridgehead atoms. The Balaban J connectivity index is 5.57. The van der Waals surface area contributed by atoms with Crippen LogP contribution in [-0.4, -0.2) is 75.3 Å². The van der Waals surface area contributed by atoms with Crippen molar-refractivity contribution >= 4 is 29.7 Å². The Morgan fingerprint density at radius 2 is 1.38 bits per heavy atom. The van der Waals surface area contributed by atoms with Crippen molar-refractivity contribution in [3.05, 3.63) is 0 Å². The summed E-state index contributed by atoms with van der Waals surface area (Å²) in [7, 11) is 0. The van der Waals surface area contributed by atoms with E-state index >= 15 is 0 Å². The summed E-state index contributed by atoms with van der Waals surface area (Å²) in [5, 5.41) is 34.8. The van der Waals surface area contributed by atoms with Gasteiger partial charge in [0, 0.05) is 0 Å². The van der Waals surface area contributed by atoms with E-state index < -0.39 is 66.4 Å². The Morgan fingerprint density at radius 1 is 0.844 bits per heavy atom. The first-order chi connectivity index (χ1) is 14.7. The molecule has 0 saturated heterocycles. The minimum atomic E-state index is -1.56. The van der Waals surface area contributed by atoms with Gasteiger partial charge in [-0.1, -0.05) is 34.1 Å². The average Bonchev–Trinajstić information content (AvgIpc) is 2.66. The summed E-state index contributed by atoms with van der Waals surface area (Å²) in [6.45, 7) is 8.29. The second kappa shape index (κ2) is 13.6. The Labute approximate surface area is 187 Å². The average molecular weight is 461 g/mol. The SMILES string of the molecule is CCC(C)C(NC(=O)C(N)CC(=O)O)C(=O)NC(CC(C)C)C(=O)NC(C(=O)O)C(C)O. The number of hydrogen-bond donors (Lipinski definition) is 7. The van der Waals surface area contributed by atoms with Gasteiger partial charge in [0.15, 0.2) is 6.04 Å². The van der Waals surface area contributed by atoms with Crippen LogP contribution in [-0.2, 0) is 24.0 Å². The van der Waals surface area contributed by atoms with E-state index in [1.54, 1.807) is 27.7 Å². The van der Waals surface area contributed by atoms with E-state index in [4.69, 9.17) is 10.8 Å². The van der Waals surface area contributed by atoms with E-state index in [9.17, 15) is 34.2 Å². The fourth-order valence-corrected chi connectivity index (χ4v) is 2.85. The molecule has 0 rings (SSSR count). The number of carbonyl (C=O) groups excluding carboxylic acids is 3. The summed E-state index contributed by atoms with van der Waals surface area (Å²) in [6.07, 6.45) is -1.33. The van der Waals surface area contributed by atoms with E-state index in [1.807, 2.05) is 0 Å². The molecule has 12 heteroatoms. The first-order valence-electron chi connectivity index (χ1n) is 10.5. The van der Waals surface area contributed by atoms with Gasteiger partial charge in [0.05, 0.1) is 18.6 Å². The maximum Gasteiger partial charge on any atom is 0.328 e. The van der Waals surface area contributed by atoms with Gasteiger partial charge in [0.1, 0.15) is 12.1 Å². The van der Waals surface area contributed by atoms with Crippen molar-refractivity contribution in [1.82, 2.24) is 16.0 Å². The van der Waals surface area contributed by atoms with Crippen LogP contribution in [0.2, 0.25) is 0 Å². The summed E-state index contributed by atoms with van der Waals surface area (Å²) in [5.74, 6) is -5.43. The number of hydrogen-bond acceptors (Lipinski definition) is 7. The highest BCUT2D eigenvalue weighted by molar-refractivity contribution is 5.94. The van der Waals surface area contributed by atoms with E-state index in [-0.39, 0.29) is 18.3 Å². The van der Waals surface area contributed by atoms with Crippen molar-refractivity contribution in [3.63, 3.8) is 0 Å². The van der Waals surface area contributed by atoms with Gasteiger partial charge in [-0.25, -0.2) is 4.79 Å². The van der Waals surface area contributed by atoms with Crippen LogP contribution in [0.5, 0.6) is 0 Å². The Morgan fingerprint density at radius 3 is 1.78 bits per heavy atom. The van der Waals surface area contributed by atoms with Crippen LogP contribution in [0.3, 0.4) is 0 Å². The van der Waals surface area contributed by atoms with Gasteiger partial charge < -0.3 is 37.0 Å². The highest BCUT2D eigenvalue weighted by Crippen LogP contribution is 2.11. The number of carbonyl (C=O) groups is 5. The zero-order chi connectivity index (χ0) is 25.2. The molecule has 0 aromatic rings. The maximum absolute atomic E-state index is 12.9. The van der Waals surface area contributed by atoms with Crippen LogP contribution >= 0.6 is 0 Å². The minimum absolute atomic E-state index is 0.0542. The highest BCUT2D eigenvalue weighted by atomic mass is 16.4. The summed E-state index contributed by atoms with van der Waals surface area (Å²) in [6, 6.07) is -5.14. The number of nitrogens with two attached hydrogens (primary N) is 1. The van der Waals surface area contributed by atoms with Gasteiger partial charge in [0.2, 0.25) is 17.7 Å². The van der Waals surface area contributed by atoms with Crippen LogP contribution in [0, 0.1) is 11.8 Å². The lowest BCUT2D eigenvalue weighted by Crippen LogP contribution is -2.59. The molecule has 184 valence electrons. The topological polar surface area (TPSA) is 208 Å². The van der Waals surface area contributed by atoms with Crippen molar-refractivity contribution in [2.24, 2.45) is 17.6 Å². The fourth-order valence-electron chi connectivity index (χ4n) is 2.85. The largest absolute Gasteiger partial charge is 0.481 e. The summed E-state index contributed by atoms with van der Waals surface area (Å²) >= 11 is 0. The Hall–Kier alpha value is -2.73. The molecule has 0 aromatic heterocycles. The van der Waals surface area contributed by atoms with E-state index in [2.05, 4.69) is 16.0 Å². The number of aliphatic hydroxyl groups is 1. The van der Waals surface area contributed by atoms with Gasteiger partial charge in [-0.15, -0.1) is 0 Å². The fraction of sp³-hybridized carbons (Fsp3) is 0.750. The number of carboxylic acids is 2. The monoisotopic (exact) mass is 460 g/mol. The lowest BCUT2D eigenvalue weighted by Gasteiger charge is -2.28. The molecule has 12 nitrogen and oxygen atoms in total. The molecule has 0 fully saturated rings. The summed E-state index contributed by atoms with van der Waals surface area (Å²) in [5.41, 5.74) is 5.57. The van der Waals surface area contributed by atoms with Crippen LogP contribution < -0.4 is 21.7 Å². The van der Waals surface area contributed by atoms with Crippen LogP contribution in [0.4, 0.5) is 0 Å². The number of aliphatic hydroxyl groups excluding tert-OH is 1. The molecule has 32 heavy (non-hydrogen) atoms. The van der Waals surface area contributed by atoms with Crippen molar-refractivity contribution in [2.45, 2.75) is 84.2 Å². The third-order valence-corrected chi connectivity index (χ3v) is 4.91. The second-order valence-corrected chi connectivity index (χ2v) is 8.33. The zero-order valence-electron chi connectivity index (χ0n) is 19.1. The molecule has 0 spiro atoms. The normalized spacial score (nSPS) is 16.8. The molecular weight excluding hydrogens is 424 g/mol. The molecule has 3 amide bonds. The molecule has 6 unspecified atom stereocenters. The lowest BCUT2D eigenvalue weighted by molar-refractivity contribution is -0.145. The molecular formula is C20H36N4O8. The predicted molar refractivity (Wildman–Crippen MR) is 114 cm³/mol. The molecule has 0 aliphatic rings. The van der Waals surface area contributed by atoms with Crippen molar-refractivity contribution in [1.29, 1.82) is 0 Å². The molecule has 6 atom stereocenters. The van der Waals surface area contributed by atoms with Gasteiger partial charge in [-0.2, -0.15) is 0 Å². The minimum Gasteiger partial charge on any atom is -0.481 e. The van der Waals surface area contributed by atoms with E-state index in [0.29, 0.717) is 6.42 Å². The molecule has 0 aromatic carbocycles. The molecule has 8 N–H and O–H groups in total. The summed E-state index contributed by atoms with van der Waals surface area (Å²) in [4.78, 5) is 59.9. The smallest absolute Gasteiger partial charge is 0.328 e. The van der Waals surface area contributed by atoms with Gasteiger partial charge >= 0.3 is 11.9 Å². The second-order valence-electron chi connectivity index (χ2n) is 8.33. The van der Waals surface area contributed by atoms with Gasteiger partial charge in [-0.05, 0) is 25.2 Å². The summed E-state index contributed by atoms with van der Waals surface area (Å²) < 4.78 is 0. The Kier molecular flexibility index (Phi) is 12.5. The number of nitrogens with one attached hydrogen (secondary N) is 3. The standard InChI is InChI=1S/C20H36N4O8/c1-6-10(4)15(23-17(28)12(21)8-14(26)27)19(30)22-13(7-9(2)3)18(29)24-16(11(5)25)20(31)32/h9-13,15-16,25H,6-8,21H2,1-5H3,(H,22,30)(H,23,28)(H,24,29)(H,26,27)(H,31,32). The number of aliphatic carboxylic acids is 2. The first kappa shape index (κ1) is 29.3. The van der Waals surface area contributed by atoms with Crippen molar-refractivity contribution in [2.75, 3.05) is 0 Å². The molecule has 0 heterocycles. The highest BCUT2D eigenvalue weighted by Gasteiger charge is 2.33. The number of amides is 3. The quantitative estimate of drug-likeness (QED) is 0.166. The van der Waals surface area contributed by atoms with Crippen molar-refractivity contribution in [3.8, 4) is 0 Å². The van der Waals surface area contributed by atoms with Crippen molar-refractivity contribution < 1.29 is 39.3 Å². The van der Waals surface area contributed by atoms with Crippen LogP contribution in [0.25, 0.3) is 0 Å². The number of carboxylic acid groups (broad SMARTS) is 2. The first-order valence-corrected chi connectivity index (χ1v) is 10.5. The maximum atomic E-state index is 12.9. The molecule has 0 saturated carbocycles. The van der Waals surface area contributed by atoms with Crippen LogP contribution in [0.15, 0.2) is 0 Å². The van der Waals surface area contributed by atoms with E-state index in [1.165, 1.54) is 6.92 Å². The molecule has 0 aliphatic carbocycles. The zero-order valence-corrected chi connectivity index (χ0v) is 19.1. The molecule has 0 aliphatic heterocycles.